The molecule has 1 heterocycles. The Morgan fingerprint density at radius 2 is 1.87 bits per heavy atom. The minimum absolute atomic E-state index is 0.750. The number of rotatable bonds is 2. The van der Waals surface area contributed by atoms with Gasteiger partial charge in [-0.25, -0.2) is 4.98 Å². The van der Waals surface area contributed by atoms with E-state index in [9.17, 15) is 0 Å². The van der Waals surface area contributed by atoms with Crippen LogP contribution in [0.25, 0.3) is 0 Å². The van der Waals surface area contributed by atoms with Crippen LogP contribution in [-0.2, 0) is 0 Å². The summed E-state index contributed by atoms with van der Waals surface area (Å²) in [7, 11) is 0. The van der Waals surface area contributed by atoms with Gasteiger partial charge < -0.3 is 5.73 Å². The van der Waals surface area contributed by atoms with Crippen molar-refractivity contribution in [2.24, 2.45) is 0 Å². The summed E-state index contributed by atoms with van der Waals surface area (Å²) in [6.45, 7) is 0. The molecule has 0 spiro atoms. The number of nitrogens with two attached hydrogens (primary N) is 1. The molecule has 0 bridgehead atoms. The van der Waals surface area contributed by atoms with E-state index in [1.165, 1.54) is 38.5 Å². The van der Waals surface area contributed by atoms with Gasteiger partial charge in [-0.2, -0.15) is 0 Å². The summed E-state index contributed by atoms with van der Waals surface area (Å²) in [6.07, 6.45) is 10.0. The fraction of sp³-hybridized carbons (Fsp3) is 0.583. The van der Waals surface area contributed by atoms with Gasteiger partial charge in [-0.1, -0.05) is 25.7 Å². The molecule has 0 atom stereocenters. The van der Waals surface area contributed by atoms with Crippen molar-refractivity contribution >= 4 is 17.4 Å². The first kappa shape index (κ1) is 10.8. The van der Waals surface area contributed by atoms with E-state index in [0.29, 0.717) is 0 Å². The second-order valence-corrected chi connectivity index (χ2v) is 5.48. The van der Waals surface area contributed by atoms with Crippen LogP contribution in [0.1, 0.15) is 38.5 Å². The van der Waals surface area contributed by atoms with Gasteiger partial charge in [-0.15, -0.1) is 11.8 Å². The maximum Gasteiger partial charge on any atom is 0.0964 e. The monoisotopic (exact) mass is 222 g/mol. The highest BCUT2D eigenvalue weighted by atomic mass is 32.2. The van der Waals surface area contributed by atoms with E-state index in [2.05, 4.69) is 4.98 Å². The van der Waals surface area contributed by atoms with Crippen LogP contribution < -0.4 is 5.73 Å². The number of nitrogen functional groups attached to an aromatic ring is 1. The van der Waals surface area contributed by atoms with E-state index >= 15 is 0 Å². The van der Waals surface area contributed by atoms with Gasteiger partial charge in [0.2, 0.25) is 0 Å². The molecule has 15 heavy (non-hydrogen) atoms. The lowest BCUT2D eigenvalue weighted by atomic mass is 10.2. The van der Waals surface area contributed by atoms with Gasteiger partial charge in [0, 0.05) is 5.25 Å². The van der Waals surface area contributed by atoms with Crippen molar-refractivity contribution in [1.82, 2.24) is 4.98 Å². The Morgan fingerprint density at radius 3 is 2.47 bits per heavy atom. The van der Waals surface area contributed by atoms with Crippen LogP contribution in [0.2, 0.25) is 0 Å². The van der Waals surface area contributed by atoms with Crippen LogP contribution in [-0.4, -0.2) is 10.2 Å². The fourth-order valence-corrected chi connectivity index (χ4v) is 3.16. The summed E-state index contributed by atoms with van der Waals surface area (Å²) < 4.78 is 0. The Hall–Kier alpha value is -0.700. The second-order valence-electron chi connectivity index (χ2n) is 4.16. The topological polar surface area (TPSA) is 38.9 Å². The number of anilines is 1. The van der Waals surface area contributed by atoms with Crippen molar-refractivity contribution in [2.75, 3.05) is 5.73 Å². The molecule has 1 aromatic heterocycles. The first-order valence-corrected chi connectivity index (χ1v) is 6.61. The summed E-state index contributed by atoms with van der Waals surface area (Å²) in [4.78, 5) is 4.34. The van der Waals surface area contributed by atoms with Crippen LogP contribution in [0.4, 0.5) is 5.69 Å². The number of nitrogens with zero attached hydrogens (tertiary/aromatic N) is 1. The highest BCUT2D eigenvalue weighted by Crippen LogP contribution is 2.31. The SMILES string of the molecule is Nc1ccc(SC2CCCCCC2)nc1. The summed E-state index contributed by atoms with van der Waals surface area (Å²) in [5.41, 5.74) is 6.36. The second kappa shape index (κ2) is 5.40. The highest BCUT2D eigenvalue weighted by molar-refractivity contribution is 7.99. The zero-order valence-corrected chi connectivity index (χ0v) is 9.80. The molecule has 3 heteroatoms. The van der Waals surface area contributed by atoms with Gasteiger partial charge in [0.05, 0.1) is 16.9 Å². The van der Waals surface area contributed by atoms with E-state index in [1.807, 2.05) is 23.9 Å². The van der Waals surface area contributed by atoms with Crippen molar-refractivity contribution in [1.29, 1.82) is 0 Å². The number of hydrogen-bond donors (Lipinski definition) is 1. The lowest BCUT2D eigenvalue weighted by molar-refractivity contribution is 0.702. The fourth-order valence-electron chi connectivity index (χ4n) is 1.99. The first-order chi connectivity index (χ1) is 7.34. The van der Waals surface area contributed by atoms with Gasteiger partial charge in [-0.05, 0) is 25.0 Å². The zero-order chi connectivity index (χ0) is 10.5. The van der Waals surface area contributed by atoms with Crippen LogP contribution in [0.3, 0.4) is 0 Å². The summed E-state index contributed by atoms with van der Waals surface area (Å²) in [5.74, 6) is 0. The molecular weight excluding hydrogens is 204 g/mol. The van der Waals surface area contributed by atoms with Gasteiger partial charge in [0.1, 0.15) is 0 Å². The van der Waals surface area contributed by atoms with Gasteiger partial charge in [0.25, 0.3) is 0 Å². The molecule has 0 aromatic carbocycles. The predicted molar refractivity (Wildman–Crippen MR) is 66.0 cm³/mol. The maximum atomic E-state index is 5.61. The lowest BCUT2D eigenvalue weighted by Gasteiger charge is -2.12. The largest absolute Gasteiger partial charge is 0.397 e. The van der Waals surface area contributed by atoms with Crippen molar-refractivity contribution < 1.29 is 0 Å². The molecule has 2 N–H and O–H groups in total. The highest BCUT2D eigenvalue weighted by Gasteiger charge is 2.13. The Labute approximate surface area is 95.7 Å². The quantitative estimate of drug-likeness (QED) is 0.779. The number of hydrogen-bond acceptors (Lipinski definition) is 3. The molecule has 1 saturated carbocycles. The van der Waals surface area contributed by atoms with Crippen LogP contribution in [0.5, 0.6) is 0 Å². The molecule has 2 rings (SSSR count). The lowest BCUT2D eigenvalue weighted by Crippen LogP contribution is -2.00. The number of pyridine rings is 1. The van der Waals surface area contributed by atoms with Crippen molar-refractivity contribution in [2.45, 2.75) is 48.8 Å². The van der Waals surface area contributed by atoms with E-state index in [4.69, 9.17) is 5.73 Å². The molecule has 0 radical (unpaired) electrons. The predicted octanol–water partition coefficient (Wildman–Crippen LogP) is 3.48. The van der Waals surface area contributed by atoms with E-state index < -0.39 is 0 Å². The van der Waals surface area contributed by atoms with Crippen LogP contribution >= 0.6 is 11.8 Å². The number of thioether (sulfide) groups is 1. The van der Waals surface area contributed by atoms with Crippen molar-refractivity contribution in [3.63, 3.8) is 0 Å². The third kappa shape index (κ3) is 3.42. The molecular formula is C12H18N2S. The molecule has 1 aliphatic carbocycles. The van der Waals surface area contributed by atoms with Crippen molar-refractivity contribution in [3.05, 3.63) is 18.3 Å². The normalized spacial score (nSPS) is 18.7. The average molecular weight is 222 g/mol. The van der Waals surface area contributed by atoms with Crippen molar-refractivity contribution in [3.8, 4) is 0 Å². The minimum Gasteiger partial charge on any atom is -0.397 e. The zero-order valence-electron chi connectivity index (χ0n) is 8.98. The standard InChI is InChI=1S/C12H18N2S/c13-10-7-8-12(14-9-10)15-11-5-3-1-2-4-6-11/h7-9,11H,1-6,13H2. The van der Waals surface area contributed by atoms with E-state index in [-0.39, 0.29) is 0 Å². The van der Waals surface area contributed by atoms with Gasteiger partial charge in [-0.3, -0.25) is 0 Å². The Kier molecular flexibility index (Phi) is 3.89. The summed E-state index contributed by atoms with van der Waals surface area (Å²) in [6, 6.07) is 3.97. The maximum absolute atomic E-state index is 5.61. The summed E-state index contributed by atoms with van der Waals surface area (Å²) >= 11 is 1.92. The van der Waals surface area contributed by atoms with Crippen LogP contribution in [0.15, 0.2) is 23.4 Å². The minimum atomic E-state index is 0.750. The molecule has 0 aliphatic heterocycles. The van der Waals surface area contributed by atoms with Crippen LogP contribution in [0, 0.1) is 0 Å². The van der Waals surface area contributed by atoms with Gasteiger partial charge in [0.15, 0.2) is 0 Å². The Bertz CT molecular complexity index is 289. The molecule has 0 unspecified atom stereocenters. The average Bonchev–Trinajstić information content (AvgIpc) is 2.50. The Balaban J connectivity index is 1.92. The molecule has 0 saturated heterocycles. The smallest absolute Gasteiger partial charge is 0.0964 e. The molecule has 0 amide bonds. The van der Waals surface area contributed by atoms with E-state index in [1.54, 1.807) is 6.20 Å². The summed E-state index contributed by atoms with van der Waals surface area (Å²) in [5, 5.41) is 1.89. The third-order valence-electron chi connectivity index (χ3n) is 2.85. The Morgan fingerprint density at radius 1 is 1.13 bits per heavy atom. The molecule has 1 fully saturated rings. The molecule has 82 valence electrons. The van der Waals surface area contributed by atoms with Gasteiger partial charge >= 0.3 is 0 Å². The first-order valence-electron chi connectivity index (χ1n) is 5.73. The molecule has 2 nitrogen and oxygen atoms in total. The molecule has 1 aromatic rings. The molecule has 1 aliphatic rings. The number of aromatic nitrogens is 1. The van der Waals surface area contributed by atoms with E-state index in [0.717, 1.165) is 16.0 Å². The third-order valence-corrected chi connectivity index (χ3v) is 4.14.